The van der Waals surface area contributed by atoms with E-state index in [2.05, 4.69) is 0 Å². The maximum absolute atomic E-state index is 11.6. The van der Waals surface area contributed by atoms with Crippen LogP contribution in [0.5, 0.6) is 23.0 Å². The lowest BCUT2D eigenvalue weighted by molar-refractivity contribution is 0.0651. The van der Waals surface area contributed by atoms with Crippen LogP contribution in [0, 0.1) is 0 Å². The smallest absolute Gasteiger partial charge is 0.336 e. The fraction of sp³-hybridized carbons (Fsp3) is 0. The second-order valence-electron chi connectivity index (χ2n) is 10.7. The average molecular weight is 669 g/mol. The van der Waals surface area contributed by atoms with Crippen LogP contribution >= 0.6 is 0 Å². The van der Waals surface area contributed by atoms with Gasteiger partial charge in [0.05, 0.1) is 33.6 Å². The van der Waals surface area contributed by atoms with E-state index in [1.165, 1.54) is 24.3 Å². The zero-order valence-corrected chi connectivity index (χ0v) is 25.7. The van der Waals surface area contributed by atoms with Gasteiger partial charge in [0.15, 0.2) is 5.82 Å². The van der Waals surface area contributed by atoms with E-state index in [-0.39, 0.29) is 22.6 Å². The summed E-state index contributed by atoms with van der Waals surface area (Å²) in [7, 11) is 0. The van der Waals surface area contributed by atoms with E-state index in [1.54, 1.807) is 48.5 Å². The average Bonchev–Trinajstić information content (AvgIpc) is 3.12. The number of nitrogens with zero attached hydrogens (tertiary/aromatic N) is 2. The lowest BCUT2D eigenvalue weighted by Crippen LogP contribution is -2.07. The van der Waals surface area contributed by atoms with E-state index in [0.717, 1.165) is 28.8 Å². The lowest BCUT2D eigenvalue weighted by Gasteiger charge is -2.12. The Labute approximate surface area is 283 Å². The molecule has 0 saturated carbocycles. The van der Waals surface area contributed by atoms with Gasteiger partial charge in [0, 0.05) is 16.7 Å². The first-order valence-electron chi connectivity index (χ1n) is 14.8. The van der Waals surface area contributed by atoms with Gasteiger partial charge >= 0.3 is 23.9 Å². The van der Waals surface area contributed by atoms with Crippen molar-refractivity contribution >= 4 is 23.9 Å². The number of carboxylic acids is 4. The van der Waals surface area contributed by atoms with Crippen molar-refractivity contribution in [2.24, 2.45) is 0 Å². The van der Waals surface area contributed by atoms with Crippen LogP contribution in [0.3, 0.4) is 0 Å². The van der Waals surface area contributed by atoms with Crippen molar-refractivity contribution in [2.75, 3.05) is 0 Å². The number of benzene rings is 5. The third-order valence-corrected chi connectivity index (χ3v) is 7.43. The van der Waals surface area contributed by atoms with E-state index < -0.39 is 35.0 Å². The molecule has 0 atom stereocenters. The summed E-state index contributed by atoms with van der Waals surface area (Å²) < 4.78 is 11.6. The molecule has 0 fully saturated rings. The molecular weight excluding hydrogens is 644 g/mol. The summed E-state index contributed by atoms with van der Waals surface area (Å²) in [4.78, 5) is 55.5. The third-order valence-electron chi connectivity index (χ3n) is 7.43. The molecule has 0 amide bonds. The highest BCUT2D eigenvalue weighted by Crippen LogP contribution is 2.32. The van der Waals surface area contributed by atoms with E-state index in [9.17, 15) is 39.6 Å². The molecule has 5 aromatic carbocycles. The maximum atomic E-state index is 11.6. The summed E-state index contributed by atoms with van der Waals surface area (Å²) >= 11 is 0. The van der Waals surface area contributed by atoms with Gasteiger partial charge in [-0.15, -0.1) is 0 Å². The Morgan fingerprint density at radius 1 is 0.400 bits per heavy atom. The van der Waals surface area contributed by atoms with E-state index >= 15 is 0 Å². The van der Waals surface area contributed by atoms with Crippen LogP contribution in [0.1, 0.15) is 41.4 Å². The molecule has 12 nitrogen and oxygen atoms in total. The Balaban J connectivity index is 1.28. The number of aromatic carboxylic acids is 4. The van der Waals surface area contributed by atoms with Gasteiger partial charge in [-0.25, -0.2) is 29.1 Å². The number of carbonyl (C=O) groups is 4. The van der Waals surface area contributed by atoms with Gasteiger partial charge in [-0.2, -0.15) is 0 Å². The van der Waals surface area contributed by atoms with Crippen LogP contribution in [0.15, 0.2) is 121 Å². The quantitative estimate of drug-likeness (QED) is 0.105. The van der Waals surface area contributed by atoms with E-state index in [1.807, 2.05) is 36.4 Å². The molecule has 4 N–H and O–H groups in total. The fourth-order valence-electron chi connectivity index (χ4n) is 5.02. The van der Waals surface area contributed by atoms with Crippen molar-refractivity contribution < 1.29 is 49.1 Å². The molecule has 6 rings (SSSR count). The predicted octanol–water partition coefficient (Wildman–Crippen LogP) is 7.86. The Morgan fingerprint density at radius 3 is 1.16 bits per heavy atom. The normalized spacial score (nSPS) is 10.6. The van der Waals surface area contributed by atoms with Crippen molar-refractivity contribution in [2.45, 2.75) is 0 Å². The van der Waals surface area contributed by atoms with Gasteiger partial charge in [0.25, 0.3) is 0 Å². The minimum Gasteiger partial charge on any atom is -0.478 e. The third kappa shape index (κ3) is 7.14. The van der Waals surface area contributed by atoms with Gasteiger partial charge in [-0.1, -0.05) is 30.3 Å². The molecule has 1 heterocycles. The highest BCUT2D eigenvalue weighted by molar-refractivity contribution is 6.02. The van der Waals surface area contributed by atoms with Crippen molar-refractivity contribution in [3.05, 3.63) is 144 Å². The van der Waals surface area contributed by atoms with Crippen molar-refractivity contribution in [1.29, 1.82) is 0 Å². The summed E-state index contributed by atoms with van der Waals surface area (Å²) in [5.74, 6) is -3.95. The Hall–Kier alpha value is -7.34. The molecule has 246 valence electrons. The molecule has 1 aromatic heterocycles. The number of ether oxygens (including phenoxy) is 2. The number of aromatic nitrogens is 2. The maximum Gasteiger partial charge on any atom is 0.336 e. The molecule has 6 aromatic rings. The van der Waals surface area contributed by atoms with Crippen molar-refractivity contribution in [3.8, 4) is 56.9 Å². The zero-order chi connectivity index (χ0) is 35.4. The molecule has 0 spiro atoms. The lowest BCUT2D eigenvalue weighted by atomic mass is 10.1. The molecule has 0 unspecified atom stereocenters. The number of rotatable bonds is 11. The summed E-state index contributed by atoms with van der Waals surface area (Å²) in [6.45, 7) is 0. The van der Waals surface area contributed by atoms with Gasteiger partial charge in [-0.3, -0.25) is 0 Å². The largest absolute Gasteiger partial charge is 0.478 e. The molecule has 0 aliphatic rings. The summed E-state index contributed by atoms with van der Waals surface area (Å²) in [6.07, 6.45) is 0. The first-order valence-corrected chi connectivity index (χ1v) is 14.8. The molecule has 0 saturated heterocycles. The Bertz CT molecular complexity index is 2130. The first kappa shape index (κ1) is 32.6. The van der Waals surface area contributed by atoms with E-state index in [0.29, 0.717) is 28.7 Å². The van der Waals surface area contributed by atoms with Crippen molar-refractivity contribution in [1.82, 2.24) is 9.97 Å². The second-order valence-corrected chi connectivity index (χ2v) is 10.7. The molecule has 0 bridgehead atoms. The van der Waals surface area contributed by atoms with Crippen LogP contribution in [-0.4, -0.2) is 54.3 Å². The highest BCUT2D eigenvalue weighted by Gasteiger charge is 2.19. The predicted molar refractivity (Wildman–Crippen MR) is 179 cm³/mol. The van der Waals surface area contributed by atoms with Gasteiger partial charge in [0.2, 0.25) is 0 Å². The number of hydrogen-bond acceptors (Lipinski definition) is 8. The van der Waals surface area contributed by atoms with Gasteiger partial charge < -0.3 is 29.9 Å². The standard InChI is InChI=1S/C38H24N2O10/c41-35(42)28-16-14-26(18-30(28)37(45)46)49-24-10-6-21(7-11-24)32-20-33(40-34(39-32)23-4-2-1-3-5-23)22-8-12-25(13-9-22)50-27-15-17-29(36(43)44)31(19-27)38(47)48/h1-20H,(H,41,42)(H,43,44)(H,45,46)(H,47,48). The molecule has 12 heteroatoms. The summed E-state index contributed by atoms with van der Waals surface area (Å²) in [5.41, 5.74) is 1.95. The molecule has 0 aliphatic carbocycles. The first-order chi connectivity index (χ1) is 24.0. The SMILES string of the molecule is O=C(O)c1ccc(Oc2ccc(-c3cc(-c4ccc(Oc5ccc(C(=O)O)c(C(=O)O)c5)cc4)nc(-c4ccccc4)n3)cc2)cc1C(=O)O. The molecule has 0 radical (unpaired) electrons. The van der Waals surface area contributed by atoms with Crippen LogP contribution in [-0.2, 0) is 0 Å². The number of hydrogen-bond donors (Lipinski definition) is 4. The summed E-state index contributed by atoms with van der Waals surface area (Å²) in [5, 5.41) is 37.4. The fourth-order valence-corrected chi connectivity index (χ4v) is 5.02. The van der Waals surface area contributed by atoms with Crippen LogP contribution in [0.2, 0.25) is 0 Å². The Morgan fingerprint density at radius 2 is 0.780 bits per heavy atom. The van der Waals surface area contributed by atoms with Crippen LogP contribution < -0.4 is 9.47 Å². The van der Waals surface area contributed by atoms with E-state index in [4.69, 9.17) is 19.4 Å². The monoisotopic (exact) mass is 668 g/mol. The molecular formula is C38H24N2O10. The Kier molecular flexibility index (Phi) is 8.99. The van der Waals surface area contributed by atoms with Crippen LogP contribution in [0.25, 0.3) is 33.9 Å². The topological polar surface area (TPSA) is 193 Å². The molecule has 50 heavy (non-hydrogen) atoms. The molecule has 0 aliphatic heterocycles. The van der Waals surface area contributed by atoms with Crippen molar-refractivity contribution in [3.63, 3.8) is 0 Å². The minimum absolute atomic E-state index is 0.155. The zero-order valence-electron chi connectivity index (χ0n) is 25.7. The minimum atomic E-state index is -1.39. The second kappa shape index (κ2) is 13.8. The number of carboxylic acid groups (broad SMARTS) is 4. The van der Waals surface area contributed by atoms with Gasteiger partial charge in [-0.05, 0) is 91.0 Å². The highest BCUT2D eigenvalue weighted by atomic mass is 16.5. The van der Waals surface area contributed by atoms with Crippen LogP contribution in [0.4, 0.5) is 0 Å². The summed E-state index contributed by atoms with van der Waals surface area (Å²) in [6, 6.07) is 32.5. The van der Waals surface area contributed by atoms with Gasteiger partial charge in [0.1, 0.15) is 23.0 Å².